The summed E-state index contributed by atoms with van der Waals surface area (Å²) in [7, 11) is 0. The zero-order valence-electron chi connectivity index (χ0n) is 12.5. The standard InChI is InChI=1S/C18H18N2OS/c1-2-13(12-15-8-5-11-22-15)18(21)20-16-9-3-6-14-7-4-10-19-17(14)16/h3-11,13H,2,12H2,1H3,(H,20,21). The van der Waals surface area contributed by atoms with Gasteiger partial charge >= 0.3 is 0 Å². The molecule has 0 aliphatic rings. The smallest absolute Gasteiger partial charge is 0.227 e. The van der Waals surface area contributed by atoms with E-state index in [1.54, 1.807) is 17.5 Å². The third-order valence-corrected chi connectivity index (χ3v) is 4.68. The first-order valence-corrected chi connectivity index (χ1v) is 8.33. The number of nitrogens with one attached hydrogen (secondary N) is 1. The van der Waals surface area contributed by atoms with Crippen molar-refractivity contribution in [3.8, 4) is 0 Å². The van der Waals surface area contributed by atoms with Gasteiger partial charge in [-0.3, -0.25) is 9.78 Å². The van der Waals surface area contributed by atoms with E-state index in [0.717, 1.165) is 29.4 Å². The van der Waals surface area contributed by atoms with E-state index in [1.165, 1.54) is 4.88 Å². The van der Waals surface area contributed by atoms with Crippen LogP contribution >= 0.6 is 11.3 Å². The molecule has 4 heteroatoms. The van der Waals surface area contributed by atoms with Gasteiger partial charge in [0.15, 0.2) is 0 Å². The molecule has 1 unspecified atom stereocenters. The maximum Gasteiger partial charge on any atom is 0.227 e. The van der Waals surface area contributed by atoms with Crippen LogP contribution in [0, 0.1) is 5.92 Å². The summed E-state index contributed by atoms with van der Waals surface area (Å²) in [5, 5.41) is 6.14. The summed E-state index contributed by atoms with van der Waals surface area (Å²) in [4.78, 5) is 18.2. The maximum absolute atomic E-state index is 12.6. The van der Waals surface area contributed by atoms with Crippen LogP contribution < -0.4 is 5.32 Å². The molecule has 112 valence electrons. The fourth-order valence-corrected chi connectivity index (χ4v) is 3.32. The van der Waals surface area contributed by atoms with E-state index in [-0.39, 0.29) is 11.8 Å². The average molecular weight is 310 g/mol. The van der Waals surface area contributed by atoms with Crippen molar-refractivity contribution in [3.05, 3.63) is 58.9 Å². The molecule has 0 aliphatic carbocycles. The van der Waals surface area contributed by atoms with E-state index in [9.17, 15) is 4.79 Å². The van der Waals surface area contributed by atoms with Crippen LogP contribution in [0.2, 0.25) is 0 Å². The van der Waals surface area contributed by atoms with E-state index < -0.39 is 0 Å². The van der Waals surface area contributed by atoms with Gasteiger partial charge < -0.3 is 5.32 Å². The van der Waals surface area contributed by atoms with Gasteiger partial charge in [-0.15, -0.1) is 11.3 Å². The van der Waals surface area contributed by atoms with Crippen molar-refractivity contribution in [2.45, 2.75) is 19.8 Å². The van der Waals surface area contributed by atoms with Crippen LogP contribution in [0.3, 0.4) is 0 Å². The Morgan fingerprint density at radius 2 is 2.09 bits per heavy atom. The Hall–Kier alpha value is -2.20. The van der Waals surface area contributed by atoms with Crippen LogP contribution in [-0.2, 0) is 11.2 Å². The number of carbonyl (C=O) groups excluding carboxylic acids is 1. The van der Waals surface area contributed by atoms with Gasteiger partial charge in [-0.05, 0) is 36.4 Å². The van der Waals surface area contributed by atoms with Gasteiger partial charge in [-0.1, -0.05) is 31.2 Å². The Kier molecular flexibility index (Phi) is 4.49. The maximum atomic E-state index is 12.6. The number of benzene rings is 1. The van der Waals surface area contributed by atoms with Crippen LogP contribution in [0.25, 0.3) is 10.9 Å². The molecule has 3 aromatic rings. The van der Waals surface area contributed by atoms with Crippen LogP contribution in [0.1, 0.15) is 18.2 Å². The highest BCUT2D eigenvalue weighted by Crippen LogP contribution is 2.23. The Morgan fingerprint density at radius 3 is 2.86 bits per heavy atom. The average Bonchev–Trinajstić information content (AvgIpc) is 3.06. The third kappa shape index (κ3) is 3.17. The lowest BCUT2D eigenvalue weighted by Gasteiger charge is -2.15. The monoisotopic (exact) mass is 310 g/mol. The predicted octanol–water partition coefficient (Wildman–Crippen LogP) is 4.50. The van der Waals surface area contributed by atoms with Gasteiger partial charge in [0.1, 0.15) is 0 Å². The Bertz CT molecular complexity index is 762. The van der Waals surface area contributed by atoms with Gasteiger partial charge in [0.2, 0.25) is 5.91 Å². The largest absolute Gasteiger partial charge is 0.324 e. The number of hydrogen-bond acceptors (Lipinski definition) is 3. The molecule has 3 nitrogen and oxygen atoms in total. The first-order valence-electron chi connectivity index (χ1n) is 7.45. The van der Waals surface area contributed by atoms with Gasteiger partial charge in [0, 0.05) is 22.4 Å². The molecule has 22 heavy (non-hydrogen) atoms. The number of hydrogen-bond donors (Lipinski definition) is 1. The van der Waals surface area contributed by atoms with Gasteiger partial charge in [-0.2, -0.15) is 0 Å². The fourth-order valence-electron chi connectivity index (χ4n) is 2.53. The number of anilines is 1. The number of thiophene rings is 1. The topological polar surface area (TPSA) is 42.0 Å². The molecule has 1 atom stereocenters. The molecular weight excluding hydrogens is 292 g/mol. The van der Waals surface area contributed by atoms with E-state index in [4.69, 9.17) is 0 Å². The Morgan fingerprint density at radius 1 is 1.23 bits per heavy atom. The molecule has 2 heterocycles. The first-order chi connectivity index (χ1) is 10.8. The first kappa shape index (κ1) is 14.7. The highest BCUT2D eigenvalue weighted by atomic mass is 32.1. The van der Waals surface area contributed by atoms with Crippen LogP contribution in [0.15, 0.2) is 54.0 Å². The molecule has 1 amide bonds. The lowest BCUT2D eigenvalue weighted by Crippen LogP contribution is -2.24. The SMILES string of the molecule is CCC(Cc1cccs1)C(=O)Nc1cccc2cccnc12. The van der Waals surface area contributed by atoms with Crippen LogP contribution in [0.5, 0.6) is 0 Å². The minimum absolute atomic E-state index is 0.0161. The number of rotatable bonds is 5. The molecule has 0 aliphatic heterocycles. The van der Waals surface area contributed by atoms with Gasteiger partial charge in [-0.25, -0.2) is 0 Å². The number of aromatic nitrogens is 1. The molecule has 0 saturated heterocycles. The zero-order chi connectivity index (χ0) is 15.4. The van der Waals surface area contributed by atoms with Crippen LogP contribution in [-0.4, -0.2) is 10.9 Å². The number of nitrogens with zero attached hydrogens (tertiary/aromatic N) is 1. The molecule has 0 saturated carbocycles. The van der Waals surface area contributed by atoms with Crippen molar-refractivity contribution in [2.24, 2.45) is 5.92 Å². The molecule has 1 aromatic carbocycles. The summed E-state index contributed by atoms with van der Waals surface area (Å²) in [6.45, 7) is 2.05. The normalized spacial score (nSPS) is 12.2. The highest BCUT2D eigenvalue weighted by molar-refractivity contribution is 7.09. The lowest BCUT2D eigenvalue weighted by atomic mass is 10.00. The van der Waals surface area contributed by atoms with E-state index in [2.05, 4.69) is 28.7 Å². The molecule has 3 rings (SSSR count). The minimum Gasteiger partial charge on any atom is -0.324 e. The third-order valence-electron chi connectivity index (χ3n) is 3.78. The molecule has 0 radical (unpaired) electrons. The summed E-state index contributed by atoms with van der Waals surface area (Å²) < 4.78 is 0. The van der Waals surface area contributed by atoms with E-state index in [1.807, 2.05) is 36.4 Å². The van der Waals surface area contributed by atoms with Crippen molar-refractivity contribution < 1.29 is 4.79 Å². The molecule has 2 aromatic heterocycles. The summed E-state index contributed by atoms with van der Waals surface area (Å²) in [5.74, 6) is 0.0478. The minimum atomic E-state index is -0.0161. The van der Waals surface area contributed by atoms with Gasteiger partial charge in [0.25, 0.3) is 0 Å². The summed E-state index contributed by atoms with van der Waals surface area (Å²) >= 11 is 1.70. The second-order valence-corrected chi connectivity index (χ2v) is 6.29. The molecule has 0 bridgehead atoms. The van der Waals surface area contributed by atoms with Crippen molar-refractivity contribution in [1.29, 1.82) is 0 Å². The molecular formula is C18H18N2OS. The fraction of sp³-hybridized carbons (Fsp3) is 0.222. The lowest BCUT2D eigenvalue weighted by molar-refractivity contribution is -0.119. The second kappa shape index (κ2) is 6.71. The van der Waals surface area contributed by atoms with Crippen molar-refractivity contribution in [2.75, 3.05) is 5.32 Å². The summed E-state index contributed by atoms with van der Waals surface area (Å²) in [5.41, 5.74) is 1.62. The number of carbonyl (C=O) groups is 1. The number of amides is 1. The van der Waals surface area contributed by atoms with E-state index >= 15 is 0 Å². The Balaban J connectivity index is 1.79. The summed E-state index contributed by atoms with van der Waals surface area (Å²) in [6, 6.07) is 13.9. The predicted molar refractivity (Wildman–Crippen MR) is 92.2 cm³/mol. The Labute approximate surface area is 134 Å². The molecule has 1 N–H and O–H groups in total. The quantitative estimate of drug-likeness (QED) is 0.753. The molecule has 0 spiro atoms. The summed E-state index contributed by atoms with van der Waals surface area (Å²) in [6.07, 6.45) is 3.36. The van der Waals surface area contributed by atoms with Crippen LogP contribution in [0.4, 0.5) is 5.69 Å². The molecule has 0 fully saturated rings. The highest BCUT2D eigenvalue weighted by Gasteiger charge is 2.18. The zero-order valence-corrected chi connectivity index (χ0v) is 13.3. The number of fused-ring (bicyclic) bond motifs is 1. The van der Waals surface area contributed by atoms with Crippen molar-refractivity contribution in [1.82, 2.24) is 4.98 Å². The van der Waals surface area contributed by atoms with Crippen molar-refractivity contribution in [3.63, 3.8) is 0 Å². The second-order valence-electron chi connectivity index (χ2n) is 5.26. The van der Waals surface area contributed by atoms with Gasteiger partial charge in [0.05, 0.1) is 11.2 Å². The van der Waals surface area contributed by atoms with E-state index in [0.29, 0.717) is 0 Å². The number of para-hydroxylation sites is 1. The van der Waals surface area contributed by atoms with Crippen molar-refractivity contribution >= 4 is 33.8 Å². The number of pyridine rings is 1.